The summed E-state index contributed by atoms with van der Waals surface area (Å²) in [7, 11) is 0. The number of carbonyl (C=O) groups is 1. The van der Waals surface area contributed by atoms with Gasteiger partial charge in [0.1, 0.15) is 5.88 Å². The van der Waals surface area contributed by atoms with Gasteiger partial charge >= 0.3 is 0 Å². The average molecular weight is 266 g/mol. The van der Waals surface area contributed by atoms with E-state index in [9.17, 15) is 4.79 Å². The molecule has 1 aromatic carbocycles. The molecule has 0 aromatic heterocycles. The Morgan fingerprint density at radius 1 is 1.17 bits per heavy atom. The molecule has 0 spiro atoms. The Hall–Kier alpha value is -1.02. The summed E-state index contributed by atoms with van der Waals surface area (Å²) >= 11 is 5.74. The summed E-state index contributed by atoms with van der Waals surface area (Å²) in [6.45, 7) is 0.692. The molecule has 1 saturated carbocycles. The molecule has 0 N–H and O–H groups in total. The van der Waals surface area contributed by atoms with Gasteiger partial charge in [-0.2, -0.15) is 0 Å². The number of benzene rings is 1. The summed E-state index contributed by atoms with van der Waals surface area (Å²) in [6, 6.07) is 10.5. The maximum atomic E-state index is 12.0. The van der Waals surface area contributed by atoms with Crippen LogP contribution in [0.4, 0.5) is 0 Å². The van der Waals surface area contributed by atoms with E-state index in [0.29, 0.717) is 12.6 Å². The Balaban J connectivity index is 2.07. The van der Waals surface area contributed by atoms with Crippen molar-refractivity contribution in [2.45, 2.75) is 44.7 Å². The second-order valence-corrected chi connectivity index (χ2v) is 5.20. The van der Waals surface area contributed by atoms with Crippen LogP contribution in [0.25, 0.3) is 0 Å². The standard InChI is InChI=1S/C15H20ClNO/c16-11-15(18)17(14-9-5-2-6-10-14)12-13-7-3-1-4-8-13/h1,3-4,7-8,14H,2,5-6,9-12H2. The molecule has 0 bridgehead atoms. The maximum Gasteiger partial charge on any atom is 0.238 e. The van der Waals surface area contributed by atoms with Gasteiger partial charge in [-0.25, -0.2) is 0 Å². The van der Waals surface area contributed by atoms with E-state index in [1.54, 1.807) is 0 Å². The Bertz CT molecular complexity index is 373. The Labute approximate surface area is 114 Å². The zero-order chi connectivity index (χ0) is 12.8. The van der Waals surface area contributed by atoms with Gasteiger partial charge < -0.3 is 4.90 Å². The van der Waals surface area contributed by atoms with Gasteiger partial charge in [0.2, 0.25) is 5.91 Å². The second kappa shape index (κ2) is 6.79. The van der Waals surface area contributed by atoms with Crippen LogP contribution >= 0.6 is 11.6 Å². The second-order valence-electron chi connectivity index (χ2n) is 4.93. The number of carbonyl (C=O) groups excluding carboxylic acids is 1. The molecule has 1 aliphatic rings. The lowest BCUT2D eigenvalue weighted by Crippen LogP contribution is -2.41. The molecule has 98 valence electrons. The highest BCUT2D eigenvalue weighted by atomic mass is 35.5. The Morgan fingerprint density at radius 2 is 1.83 bits per heavy atom. The van der Waals surface area contributed by atoms with E-state index in [2.05, 4.69) is 12.1 Å². The molecule has 0 atom stereocenters. The van der Waals surface area contributed by atoms with Crippen LogP contribution in [0.15, 0.2) is 30.3 Å². The molecular weight excluding hydrogens is 246 g/mol. The fraction of sp³-hybridized carbons (Fsp3) is 0.533. The van der Waals surface area contributed by atoms with Gasteiger partial charge in [-0.15, -0.1) is 11.6 Å². The lowest BCUT2D eigenvalue weighted by atomic mass is 9.94. The van der Waals surface area contributed by atoms with Crippen molar-refractivity contribution in [2.75, 3.05) is 5.88 Å². The topological polar surface area (TPSA) is 20.3 Å². The zero-order valence-corrected chi connectivity index (χ0v) is 11.4. The average Bonchev–Trinajstić information content (AvgIpc) is 2.46. The minimum absolute atomic E-state index is 0.0624. The molecule has 3 heteroatoms. The molecule has 0 unspecified atom stereocenters. The number of halogens is 1. The van der Waals surface area contributed by atoms with Crippen molar-refractivity contribution in [2.24, 2.45) is 0 Å². The first kappa shape index (κ1) is 13.4. The number of hydrogen-bond acceptors (Lipinski definition) is 1. The molecule has 0 aliphatic heterocycles. The molecule has 2 nitrogen and oxygen atoms in total. The first-order chi connectivity index (χ1) is 8.81. The molecule has 0 radical (unpaired) electrons. The predicted molar refractivity (Wildman–Crippen MR) is 74.6 cm³/mol. The summed E-state index contributed by atoms with van der Waals surface area (Å²) in [5.74, 6) is 0.149. The zero-order valence-electron chi connectivity index (χ0n) is 10.6. The SMILES string of the molecule is O=C(CCl)N(Cc1ccccc1)C1CCCCC1. The largest absolute Gasteiger partial charge is 0.334 e. The summed E-state index contributed by atoms with van der Waals surface area (Å²) in [5.41, 5.74) is 1.18. The monoisotopic (exact) mass is 265 g/mol. The summed E-state index contributed by atoms with van der Waals surface area (Å²) in [5, 5.41) is 0. The van der Waals surface area contributed by atoms with Gasteiger partial charge in [0, 0.05) is 12.6 Å². The molecular formula is C15H20ClNO. The molecule has 1 amide bonds. The van der Waals surface area contributed by atoms with Crippen molar-refractivity contribution in [1.29, 1.82) is 0 Å². The summed E-state index contributed by atoms with van der Waals surface area (Å²) in [6.07, 6.45) is 5.99. The number of amides is 1. The van der Waals surface area contributed by atoms with E-state index in [1.807, 2.05) is 23.1 Å². The van der Waals surface area contributed by atoms with Crippen LogP contribution in [0, 0.1) is 0 Å². The van der Waals surface area contributed by atoms with Gasteiger partial charge in [-0.1, -0.05) is 49.6 Å². The number of alkyl halides is 1. The third-order valence-corrected chi connectivity index (χ3v) is 3.87. The van der Waals surface area contributed by atoms with Gasteiger partial charge in [-0.05, 0) is 18.4 Å². The molecule has 0 heterocycles. The minimum atomic E-state index is 0.0624. The predicted octanol–water partition coefficient (Wildman–Crippen LogP) is 3.59. The fourth-order valence-electron chi connectivity index (χ4n) is 2.67. The smallest absolute Gasteiger partial charge is 0.238 e. The minimum Gasteiger partial charge on any atom is -0.334 e. The van der Waals surface area contributed by atoms with E-state index in [-0.39, 0.29) is 11.8 Å². The van der Waals surface area contributed by atoms with Crippen molar-refractivity contribution in [3.05, 3.63) is 35.9 Å². The van der Waals surface area contributed by atoms with E-state index >= 15 is 0 Å². The van der Waals surface area contributed by atoms with E-state index in [4.69, 9.17) is 11.6 Å². The first-order valence-electron chi connectivity index (χ1n) is 6.70. The molecule has 2 rings (SSSR count). The quantitative estimate of drug-likeness (QED) is 0.762. The van der Waals surface area contributed by atoms with Gasteiger partial charge in [-0.3, -0.25) is 4.79 Å². The van der Waals surface area contributed by atoms with Gasteiger partial charge in [0.05, 0.1) is 0 Å². The maximum absolute atomic E-state index is 12.0. The molecule has 1 aromatic rings. The molecule has 1 fully saturated rings. The Morgan fingerprint density at radius 3 is 2.44 bits per heavy atom. The van der Waals surface area contributed by atoms with Crippen molar-refractivity contribution < 1.29 is 4.79 Å². The van der Waals surface area contributed by atoms with Crippen LogP contribution in [0.1, 0.15) is 37.7 Å². The first-order valence-corrected chi connectivity index (χ1v) is 7.24. The van der Waals surface area contributed by atoms with Crippen LogP contribution in [0.2, 0.25) is 0 Å². The number of rotatable bonds is 4. The van der Waals surface area contributed by atoms with Crippen LogP contribution in [0.5, 0.6) is 0 Å². The van der Waals surface area contributed by atoms with Crippen LogP contribution in [-0.2, 0) is 11.3 Å². The van der Waals surface area contributed by atoms with E-state index in [0.717, 1.165) is 12.8 Å². The summed E-state index contributed by atoms with van der Waals surface area (Å²) in [4.78, 5) is 14.0. The van der Waals surface area contributed by atoms with Crippen LogP contribution < -0.4 is 0 Å². The van der Waals surface area contributed by atoms with Crippen molar-refractivity contribution in [1.82, 2.24) is 4.90 Å². The third kappa shape index (κ3) is 3.49. The highest BCUT2D eigenvalue weighted by Gasteiger charge is 2.24. The molecule has 18 heavy (non-hydrogen) atoms. The van der Waals surface area contributed by atoms with Crippen LogP contribution in [-0.4, -0.2) is 22.7 Å². The van der Waals surface area contributed by atoms with Gasteiger partial charge in [0.15, 0.2) is 0 Å². The lowest BCUT2D eigenvalue weighted by molar-refractivity contribution is -0.132. The van der Waals surface area contributed by atoms with Crippen molar-refractivity contribution >= 4 is 17.5 Å². The lowest BCUT2D eigenvalue weighted by Gasteiger charge is -2.34. The van der Waals surface area contributed by atoms with Crippen molar-refractivity contribution in [3.63, 3.8) is 0 Å². The number of hydrogen-bond donors (Lipinski definition) is 0. The number of nitrogens with zero attached hydrogens (tertiary/aromatic N) is 1. The van der Waals surface area contributed by atoms with Crippen molar-refractivity contribution in [3.8, 4) is 0 Å². The summed E-state index contributed by atoms with van der Waals surface area (Å²) < 4.78 is 0. The van der Waals surface area contributed by atoms with Crippen LogP contribution in [0.3, 0.4) is 0 Å². The highest BCUT2D eigenvalue weighted by Crippen LogP contribution is 2.24. The molecule has 0 saturated heterocycles. The van der Waals surface area contributed by atoms with E-state index < -0.39 is 0 Å². The van der Waals surface area contributed by atoms with E-state index in [1.165, 1.54) is 24.8 Å². The fourth-order valence-corrected chi connectivity index (χ4v) is 2.82. The third-order valence-electron chi connectivity index (χ3n) is 3.65. The van der Waals surface area contributed by atoms with Gasteiger partial charge in [0.25, 0.3) is 0 Å². The molecule has 1 aliphatic carbocycles. The normalized spacial score (nSPS) is 16.5. The highest BCUT2D eigenvalue weighted by molar-refractivity contribution is 6.27. The Kier molecular flexibility index (Phi) is 5.06.